The maximum absolute atomic E-state index is 5.64. The third-order valence-corrected chi connectivity index (χ3v) is 3.52. The van der Waals surface area contributed by atoms with Gasteiger partial charge in [0.1, 0.15) is 5.76 Å². The average Bonchev–Trinajstić information content (AvgIpc) is 2.97. The van der Waals surface area contributed by atoms with Crippen molar-refractivity contribution in [2.45, 2.75) is 18.4 Å². The van der Waals surface area contributed by atoms with Crippen LogP contribution in [0.4, 0.5) is 0 Å². The highest BCUT2D eigenvalue weighted by Gasteiger charge is 2.45. The Morgan fingerprint density at radius 1 is 1.18 bits per heavy atom. The van der Waals surface area contributed by atoms with Crippen LogP contribution in [-0.4, -0.2) is 0 Å². The molecule has 1 aliphatic rings. The Balaban J connectivity index is 1.75. The molecule has 2 aromatic rings. The second-order valence-electron chi connectivity index (χ2n) is 4.58. The van der Waals surface area contributed by atoms with Crippen molar-refractivity contribution in [3.8, 4) is 0 Å². The summed E-state index contributed by atoms with van der Waals surface area (Å²) >= 11 is 0. The molecule has 0 aliphatic heterocycles. The molecule has 3 nitrogen and oxygen atoms in total. The summed E-state index contributed by atoms with van der Waals surface area (Å²) in [6.45, 7) is 0. The molecule has 0 radical (unpaired) electrons. The molecule has 1 heterocycles. The fourth-order valence-corrected chi connectivity index (χ4v) is 2.55. The van der Waals surface area contributed by atoms with Crippen molar-refractivity contribution < 1.29 is 4.42 Å². The summed E-state index contributed by atoms with van der Waals surface area (Å²) in [5.41, 5.74) is 4.27. The van der Waals surface area contributed by atoms with Gasteiger partial charge in [-0.05, 0) is 36.0 Å². The molecule has 1 aromatic heterocycles. The van der Waals surface area contributed by atoms with Crippen LogP contribution in [0.1, 0.15) is 29.7 Å². The molecule has 1 saturated carbocycles. The molecule has 17 heavy (non-hydrogen) atoms. The number of furan rings is 1. The second kappa shape index (κ2) is 4.35. The van der Waals surface area contributed by atoms with Crippen LogP contribution >= 0.6 is 0 Å². The zero-order valence-corrected chi connectivity index (χ0v) is 9.54. The molecule has 3 unspecified atom stereocenters. The largest absolute Gasteiger partial charge is 0.468 e. The minimum absolute atomic E-state index is 0.121. The highest BCUT2D eigenvalue weighted by Crippen LogP contribution is 2.53. The molecule has 0 spiro atoms. The fraction of sp³-hybridized carbons (Fsp3) is 0.286. The van der Waals surface area contributed by atoms with E-state index in [9.17, 15) is 0 Å². The lowest BCUT2D eigenvalue weighted by molar-refractivity contribution is 0.384. The van der Waals surface area contributed by atoms with Gasteiger partial charge in [0, 0.05) is 0 Å². The maximum Gasteiger partial charge on any atom is 0.122 e. The first-order chi connectivity index (χ1) is 8.40. The normalized spacial score (nSPS) is 24.5. The summed E-state index contributed by atoms with van der Waals surface area (Å²) in [7, 11) is 0. The molecule has 3 N–H and O–H groups in total. The van der Waals surface area contributed by atoms with E-state index in [1.807, 2.05) is 18.2 Å². The van der Waals surface area contributed by atoms with E-state index in [0.717, 1.165) is 5.76 Å². The summed E-state index contributed by atoms with van der Waals surface area (Å²) in [4.78, 5) is 0. The summed E-state index contributed by atoms with van der Waals surface area (Å²) in [6.07, 6.45) is 2.86. The molecule has 1 aliphatic carbocycles. The van der Waals surface area contributed by atoms with E-state index in [-0.39, 0.29) is 6.04 Å². The first-order valence-corrected chi connectivity index (χ1v) is 5.94. The van der Waals surface area contributed by atoms with Gasteiger partial charge < -0.3 is 4.42 Å². The van der Waals surface area contributed by atoms with Gasteiger partial charge in [-0.3, -0.25) is 5.84 Å². The van der Waals surface area contributed by atoms with Crippen LogP contribution in [0.15, 0.2) is 53.1 Å². The van der Waals surface area contributed by atoms with Gasteiger partial charge in [0.05, 0.1) is 12.3 Å². The lowest BCUT2D eigenvalue weighted by atomic mass is 10.0. The predicted octanol–water partition coefficient (Wildman–Crippen LogP) is 2.59. The zero-order valence-electron chi connectivity index (χ0n) is 9.54. The number of nitrogens with one attached hydrogen (secondary N) is 1. The summed E-state index contributed by atoms with van der Waals surface area (Å²) in [5.74, 6) is 7.70. The monoisotopic (exact) mass is 228 g/mol. The molecular weight excluding hydrogens is 212 g/mol. The quantitative estimate of drug-likeness (QED) is 0.624. The Hall–Kier alpha value is -1.58. The van der Waals surface area contributed by atoms with Gasteiger partial charge in [-0.25, -0.2) is 5.43 Å². The minimum Gasteiger partial charge on any atom is -0.468 e. The van der Waals surface area contributed by atoms with E-state index in [1.54, 1.807) is 6.26 Å². The van der Waals surface area contributed by atoms with Gasteiger partial charge in [0.15, 0.2) is 0 Å². The van der Waals surface area contributed by atoms with Crippen LogP contribution in [0, 0.1) is 5.92 Å². The SMILES string of the molecule is NNC(c1ccco1)C1CC1c1ccccc1. The van der Waals surface area contributed by atoms with E-state index in [4.69, 9.17) is 10.3 Å². The van der Waals surface area contributed by atoms with E-state index in [1.165, 1.54) is 12.0 Å². The van der Waals surface area contributed by atoms with Gasteiger partial charge in [-0.15, -0.1) is 0 Å². The number of nitrogens with two attached hydrogens (primary N) is 1. The Morgan fingerprint density at radius 3 is 2.65 bits per heavy atom. The molecular formula is C14H16N2O. The van der Waals surface area contributed by atoms with Crippen LogP contribution in [0.2, 0.25) is 0 Å². The molecule has 3 heteroatoms. The van der Waals surface area contributed by atoms with Crippen molar-refractivity contribution in [3.05, 3.63) is 60.1 Å². The molecule has 3 atom stereocenters. The highest BCUT2D eigenvalue weighted by atomic mass is 16.3. The van der Waals surface area contributed by atoms with E-state index < -0.39 is 0 Å². The molecule has 88 valence electrons. The number of hydrazine groups is 1. The molecule has 1 fully saturated rings. The van der Waals surface area contributed by atoms with Gasteiger partial charge >= 0.3 is 0 Å². The smallest absolute Gasteiger partial charge is 0.122 e. The van der Waals surface area contributed by atoms with E-state index in [2.05, 4.69) is 29.7 Å². The van der Waals surface area contributed by atoms with Crippen molar-refractivity contribution >= 4 is 0 Å². The van der Waals surface area contributed by atoms with E-state index in [0.29, 0.717) is 11.8 Å². The molecule has 3 rings (SSSR count). The van der Waals surface area contributed by atoms with Crippen molar-refractivity contribution in [2.75, 3.05) is 0 Å². The van der Waals surface area contributed by atoms with E-state index >= 15 is 0 Å². The minimum atomic E-state index is 0.121. The van der Waals surface area contributed by atoms with Crippen LogP contribution in [0.25, 0.3) is 0 Å². The molecule has 0 saturated heterocycles. The second-order valence-corrected chi connectivity index (χ2v) is 4.58. The number of benzene rings is 1. The van der Waals surface area contributed by atoms with Crippen molar-refractivity contribution in [3.63, 3.8) is 0 Å². The number of hydrogen-bond acceptors (Lipinski definition) is 3. The fourth-order valence-electron chi connectivity index (χ4n) is 2.55. The van der Waals surface area contributed by atoms with Crippen LogP contribution in [-0.2, 0) is 0 Å². The topological polar surface area (TPSA) is 51.2 Å². The van der Waals surface area contributed by atoms with Crippen LogP contribution in [0.5, 0.6) is 0 Å². The highest BCUT2D eigenvalue weighted by molar-refractivity contribution is 5.28. The zero-order chi connectivity index (χ0) is 11.7. The van der Waals surface area contributed by atoms with Crippen molar-refractivity contribution in [2.24, 2.45) is 11.8 Å². The average molecular weight is 228 g/mol. The number of rotatable bonds is 4. The van der Waals surface area contributed by atoms with Crippen LogP contribution < -0.4 is 11.3 Å². The lowest BCUT2D eigenvalue weighted by Gasteiger charge is -2.13. The van der Waals surface area contributed by atoms with Gasteiger partial charge in [0.2, 0.25) is 0 Å². The standard InChI is InChI=1S/C14H16N2O/c15-16-14(13-7-4-8-17-13)12-9-11(12)10-5-2-1-3-6-10/h1-8,11-12,14,16H,9,15H2. The molecule has 0 amide bonds. The lowest BCUT2D eigenvalue weighted by Crippen LogP contribution is -2.29. The maximum atomic E-state index is 5.64. The summed E-state index contributed by atoms with van der Waals surface area (Å²) < 4.78 is 5.43. The predicted molar refractivity (Wildman–Crippen MR) is 66.1 cm³/mol. The van der Waals surface area contributed by atoms with Crippen molar-refractivity contribution in [1.82, 2.24) is 5.43 Å². The van der Waals surface area contributed by atoms with Crippen molar-refractivity contribution in [1.29, 1.82) is 0 Å². The Morgan fingerprint density at radius 2 is 2.00 bits per heavy atom. The van der Waals surface area contributed by atoms with Gasteiger partial charge in [-0.1, -0.05) is 30.3 Å². The molecule has 1 aromatic carbocycles. The van der Waals surface area contributed by atoms with Crippen LogP contribution in [0.3, 0.4) is 0 Å². The Bertz CT molecular complexity index is 466. The Kier molecular flexibility index (Phi) is 2.71. The first-order valence-electron chi connectivity index (χ1n) is 5.94. The summed E-state index contributed by atoms with van der Waals surface area (Å²) in [6, 6.07) is 14.6. The molecule has 0 bridgehead atoms. The van der Waals surface area contributed by atoms with Gasteiger partial charge in [0.25, 0.3) is 0 Å². The van der Waals surface area contributed by atoms with Gasteiger partial charge in [-0.2, -0.15) is 0 Å². The Labute approximate surface area is 101 Å². The third-order valence-electron chi connectivity index (χ3n) is 3.52. The third kappa shape index (κ3) is 1.99. The summed E-state index contributed by atoms with van der Waals surface area (Å²) in [5, 5.41) is 0. The number of hydrogen-bond donors (Lipinski definition) is 2. The first kappa shape index (κ1) is 10.6.